The molecule has 0 fully saturated rings. The number of hydrogen-bond acceptors (Lipinski definition) is 4. The molecule has 1 aromatic heterocycles. The summed E-state index contributed by atoms with van der Waals surface area (Å²) in [6.45, 7) is 4.00. The third-order valence-corrected chi connectivity index (χ3v) is 2.41. The Morgan fingerprint density at radius 2 is 1.94 bits per heavy atom. The van der Waals surface area contributed by atoms with Crippen molar-refractivity contribution in [1.29, 1.82) is 0 Å². The van der Waals surface area contributed by atoms with Gasteiger partial charge in [0.2, 0.25) is 0 Å². The van der Waals surface area contributed by atoms with Crippen LogP contribution >= 0.6 is 0 Å². The first-order valence-corrected chi connectivity index (χ1v) is 5.85. The smallest absolute Gasteiger partial charge is 0.349 e. The van der Waals surface area contributed by atoms with E-state index in [1.807, 2.05) is 38.1 Å². The van der Waals surface area contributed by atoms with E-state index in [2.05, 4.69) is 10.3 Å². The number of rotatable bonds is 0. The van der Waals surface area contributed by atoms with E-state index in [1.165, 1.54) is 4.57 Å². The second kappa shape index (κ2) is 4.91. The lowest BCUT2D eigenvalue weighted by atomic mass is 10.2. The molecule has 0 aliphatic carbocycles. The van der Waals surface area contributed by atoms with Crippen LogP contribution in [0.1, 0.15) is 13.8 Å². The van der Waals surface area contributed by atoms with Crippen LogP contribution in [0.5, 0.6) is 11.5 Å². The standard InChI is InChI=1S/C11H9N3O2.C2H6/c1-14-6-9-10(13-11(14)15)12-7-4-2-3-5-8(7)16-9;1-2/h2-6H,1H3,(H,12,13,15);1-2H3. The van der Waals surface area contributed by atoms with Gasteiger partial charge in [-0.25, -0.2) is 4.79 Å². The van der Waals surface area contributed by atoms with Gasteiger partial charge in [-0.15, -0.1) is 0 Å². The molecule has 1 aliphatic heterocycles. The fourth-order valence-corrected chi connectivity index (χ4v) is 1.59. The van der Waals surface area contributed by atoms with E-state index < -0.39 is 0 Å². The molecule has 0 spiro atoms. The SMILES string of the molecule is CC.Cn1cc2c(nc1=O)Nc1ccccc1O2. The average molecular weight is 245 g/mol. The molecular formula is C13H15N3O2. The largest absolute Gasteiger partial charge is 0.450 e. The summed E-state index contributed by atoms with van der Waals surface area (Å²) in [5, 5.41) is 3.06. The molecule has 2 aromatic rings. The summed E-state index contributed by atoms with van der Waals surface area (Å²) < 4.78 is 7.01. The van der Waals surface area contributed by atoms with Crippen LogP contribution in [0.2, 0.25) is 0 Å². The van der Waals surface area contributed by atoms with Gasteiger partial charge in [-0.3, -0.25) is 4.57 Å². The number of nitrogens with zero attached hydrogens (tertiary/aromatic N) is 2. The quantitative estimate of drug-likeness (QED) is 0.661. The van der Waals surface area contributed by atoms with Gasteiger partial charge in [0.05, 0.1) is 11.9 Å². The highest BCUT2D eigenvalue weighted by atomic mass is 16.5. The van der Waals surface area contributed by atoms with Crippen LogP contribution in [0.4, 0.5) is 11.5 Å². The van der Waals surface area contributed by atoms with Crippen molar-refractivity contribution in [2.24, 2.45) is 7.05 Å². The van der Waals surface area contributed by atoms with Crippen molar-refractivity contribution in [3.8, 4) is 11.5 Å². The molecule has 5 heteroatoms. The number of ether oxygens (including phenoxy) is 1. The first-order chi connectivity index (χ1) is 8.74. The van der Waals surface area contributed by atoms with Gasteiger partial charge in [-0.2, -0.15) is 4.98 Å². The second-order valence-corrected chi connectivity index (χ2v) is 3.57. The number of hydrogen-bond donors (Lipinski definition) is 1. The van der Waals surface area contributed by atoms with Crippen molar-refractivity contribution in [2.75, 3.05) is 5.32 Å². The minimum atomic E-state index is -0.311. The van der Waals surface area contributed by atoms with Gasteiger partial charge in [0, 0.05) is 7.05 Å². The number of benzene rings is 1. The van der Waals surface area contributed by atoms with Crippen molar-refractivity contribution >= 4 is 11.5 Å². The van der Waals surface area contributed by atoms with Gasteiger partial charge >= 0.3 is 5.69 Å². The van der Waals surface area contributed by atoms with E-state index in [0.717, 1.165) is 11.4 Å². The van der Waals surface area contributed by atoms with Crippen molar-refractivity contribution in [3.05, 3.63) is 40.9 Å². The number of para-hydroxylation sites is 2. The third kappa shape index (κ3) is 2.07. The summed E-state index contributed by atoms with van der Waals surface area (Å²) >= 11 is 0. The summed E-state index contributed by atoms with van der Waals surface area (Å²) in [6, 6.07) is 7.51. The Labute approximate surface area is 105 Å². The predicted octanol–water partition coefficient (Wildman–Crippen LogP) is 2.66. The van der Waals surface area contributed by atoms with Gasteiger partial charge in [-0.1, -0.05) is 26.0 Å². The molecule has 5 nitrogen and oxygen atoms in total. The van der Waals surface area contributed by atoms with Gasteiger partial charge in [0.25, 0.3) is 0 Å². The monoisotopic (exact) mass is 245 g/mol. The van der Waals surface area contributed by atoms with E-state index >= 15 is 0 Å². The van der Waals surface area contributed by atoms with Crippen LogP contribution in [0, 0.1) is 0 Å². The van der Waals surface area contributed by atoms with E-state index in [-0.39, 0.29) is 5.69 Å². The highest BCUT2D eigenvalue weighted by Gasteiger charge is 2.17. The van der Waals surface area contributed by atoms with Crippen molar-refractivity contribution < 1.29 is 4.74 Å². The van der Waals surface area contributed by atoms with Gasteiger partial charge < -0.3 is 10.1 Å². The average Bonchev–Trinajstić information content (AvgIpc) is 2.40. The summed E-state index contributed by atoms with van der Waals surface area (Å²) in [4.78, 5) is 15.2. The Kier molecular flexibility index (Phi) is 3.32. The number of anilines is 2. The topological polar surface area (TPSA) is 56.2 Å². The molecule has 1 aliphatic rings. The molecule has 0 unspecified atom stereocenters. The number of aromatic nitrogens is 2. The van der Waals surface area contributed by atoms with Crippen molar-refractivity contribution in [2.45, 2.75) is 13.8 Å². The van der Waals surface area contributed by atoms with Gasteiger partial charge in [0.1, 0.15) is 0 Å². The predicted molar refractivity (Wildman–Crippen MR) is 70.6 cm³/mol. The van der Waals surface area contributed by atoms with Crippen LogP contribution in [0.3, 0.4) is 0 Å². The Morgan fingerprint density at radius 1 is 1.22 bits per heavy atom. The maximum absolute atomic E-state index is 11.4. The van der Waals surface area contributed by atoms with E-state index in [0.29, 0.717) is 11.6 Å². The molecule has 94 valence electrons. The number of aryl methyl sites for hydroxylation is 1. The highest BCUT2D eigenvalue weighted by Crippen LogP contribution is 2.39. The fraction of sp³-hybridized carbons (Fsp3) is 0.231. The minimum absolute atomic E-state index is 0.311. The van der Waals surface area contributed by atoms with E-state index in [9.17, 15) is 4.79 Å². The van der Waals surface area contributed by atoms with Crippen LogP contribution in [-0.2, 0) is 7.05 Å². The molecule has 0 saturated carbocycles. The van der Waals surface area contributed by atoms with Crippen LogP contribution in [-0.4, -0.2) is 9.55 Å². The molecule has 18 heavy (non-hydrogen) atoms. The van der Waals surface area contributed by atoms with Crippen molar-refractivity contribution in [3.63, 3.8) is 0 Å². The maximum atomic E-state index is 11.4. The molecule has 0 bridgehead atoms. The zero-order valence-electron chi connectivity index (χ0n) is 10.6. The fourth-order valence-electron chi connectivity index (χ4n) is 1.59. The zero-order chi connectivity index (χ0) is 13.1. The first-order valence-electron chi connectivity index (χ1n) is 5.85. The third-order valence-electron chi connectivity index (χ3n) is 2.41. The molecule has 0 radical (unpaired) electrons. The molecule has 0 saturated heterocycles. The van der Waals surface area contributed by atoms with Gasteiger partial charge in [0.15, 0.2) is 17.3 Å². The van der Waals surface area contributed by atoms with Gasteiger partial charge in [-0.05, 0) is 12.1 Å². The molecule has 0 amide bonds. The highest BCUT2D eigenvalue weighted by molar-refractivity contribution is 5.72. The van der Waals surface area contributed by atoms with Crippen LogP contribution < -0.4 is 15.7 Å². The molecule has 0 atom stereocenters. The molecule has 2 heterocycles. The Bertz CT molecular complexity index is 620. The number of nitrogens with one attached hydrogen (secondary N) is 1. The molecule has 1 N–H and O–H groups in total. The minimum Gasteiger partial charge on any atom is -0.450 e. The lowest BCUT2D eigenvalue weighted by molar-refractivity contribution is 0.470. The molecular weight excluding hydrogens is 230 g/mol. The number of fused-ring (bicyclic) bond motifs is 2. The Morgan fingerprint density at radius 3 is 2.72 bits per heavy atom. The molecule has 3 rings (SSSR count). The summed E-state index contributed by atoms with van der Waals surface area (Å²) in [7, 11) is 1.64. The second-order valence-electron chi connectivity index (χ2n) is 3.57. The normalized spacial score (nSPS) is 11.1. The zero-order valence-corrected chi connectivity index (χ0v) is 10.6. The van der Waals surface area contributed by atoms with Crippen LogP contribution in [0.25, 0.3) is 0 Å². The molecule has 1 aromatic carbocycles. The van der Waals surface area contributed by atoms with Crippen LogP contribution in [0.15, 0.2) is 35.3 Å². The Balaban J connectivity index is 0.000000574. The first kappa shape index (κ1) is 12.2. The van der Waals surface area contributed by atoms with E-state index in [1.54, 1.807) is 13.2 Å². The van der Waals surface area contributed by atoms with Crippen molar-refractivity contribution in [1.82, 2.24) is 9.55 Å². The summed E-state index contributed by atoms with van der Waals surface area (Å²) in [5.74, 6) is 1.75. The summed E-state index contributed by atoms with van der Waals surface area (Å²) in [6.07, 6.45) is 1.62. The van der Waals surface area contributed by atoms with E-state index in [4.69, 9.17) is 4.74 Å². The lowest BCUT2D eigenvalue weighted by Gasteiger charge is -2.20. The summed E-state index contributed by atoms with van der Waals surface area (Å²) in [5.41, 5.74) is 0.505. The Hall–Kier alpha value is -2.30. The lowest BCUT2D eigenvalue weighted by Crippen LogP contribution is -2.22. The maximum Gasteiger partial charge on any atom is 0.349 e.